The number of nitrogens with two attached hydrogens (primary N) is 1. The van der Waals surface area contributed by atoms with Crippen molar-refractivity contribution in [1.29, 1.82) is 0 Å². The molecule has 0 bridgehead atoms. The third-order valence-electron chi connectivity index (χ3n) is 3.25. The molecule has 0 amide bonds. The largest absolute Gasteiger partial charge is 0.504 e. The first-order chi connectivity index (χ1) is 7.15. The molecular formula is C12H17NO2. The maximum Gasteiger partial charge on any atom is 0.160 e. The lowest BCUT2D eigenvalue weighted by Crippen LogP contribution is -2.32. The number of aromatic hydroxyl groups is 1. The van der Waals surface area contributed by atoms with Crippen molar-refractivity contribution in [3.8, 4) is 11.5 Å². The van der Waals surface area contributed by atoms with E-state index in [0.717, 1.165) is 18.4 Å². The average Bonchev–Trinajstić information content (AvgIpc) is 2.67. The number of methoxy groups -OCH3 is 1. The van der Waals surface area contributed by atoms with Crippen LogP contribution >= 0.6 is 0 Å². The molecule has 0 saturated heterocycles. The fraction of sp³-hybridized carbons (Fsp3) is 0.500. The minimum Gasteiger partial charge on any atom is -0.504 e. The molecule has 15 heavy (non-hydrogen) atoms. The van der Waals surface area contributed by atoms with Crippen LogP contribution in [0.3, 0.4) is 0 Å². The van der Waals surface area contributed by atoms with E-state index in [1.807, 2.05) is 12.1 Å². The van der Waals surface area contributed by atoms with Crippen LogP contribution in [0.15, 0.2) is 18.2 Å². The smallest absolute Gasteiger partial charge is 0.160 e. The molecule has 2 rings (SSSR count). The number of phenolic OH excluding ortho intramolecular Hbond substituents is 1. The van der Waals surface area contributed by atoms with Gasteiger partial charge in [-0.05, 0) is 30.5 Å². The van der Waals surface area contributed by atoms with E-state index in [4.69, 9.17) is 10.5 Å². The molecule has 0 aliphatic heterocycles. The fourth-order valence-corrected chi connectivity index (χ4v) is 2.28. The Morgan fingerprint density at radius 1 is 1.33 bits per heavy atom. The second kappa shape index (κ2) is 3.74. The molecule has 0 radical (unpaired) electrons. The Kier molecular flexibility index (Phi) is 2.57. The molecule has 0 atom stereocenters. The summed E-state index contributed by atoms with van der Waals surface area (Å²) in [5, 5.41) is 9.50. The third kappa shape index (κ3) is 1.79. The molecule has 1 aromatic carbocycles. The van der Waals surface area contributed by atoms with Crippen LogP contribution in [0, 0.1) is 0 Å². The van der Waals surface area contributed by atoms with Crippen molar-refractivity contribution in [1.82, 2.24) is 0 Å². The zero-order valence-corrected chi connectivity index (χ0v) is 8.99. The SMILES string of the molecule is COc1cc(C2(N)CCCC2)ccc1O. The average molecular weight is 207 g/mol. The molecule has 3 N–H and O–H groups in total. The maximum absolute atomic E-state index is 9.50. The van der Waals surface area contributed by atoms with Gasteiger partial charge >= 0.3 is 0 Å². The summed E-state index contributed by atoms with van der Waals surface area (Å²) >= 11 is 0. The first kappa shape index (κ1) is 10.3. The Labute approximate surface area is 89.9 Å². The molecule has 0 heterocycles. The molecule has 1 aliphatic carbocycles. The Morgan fingerprint density at radius 3 is 2.60 bits per heavy atom. The number of phenols is 1. The molecule has 1 aromatic rings. The van der Waals surface area contributed by atoms with Crippen LogP contribution in [0.1, 0.15) is 31.2 Å². The van der Waals surface area contributed by atoms with Crippen molar-refractivity contribution in [2.45, 2.75) is 31.2 Å². The fourth-order valence-electron chi connectivity index (χ4n) is 2.28. The Hall–Kier alpha value is -1.22. The summed E-state index contributed by atoms with van der Waals surface area (Å²) in [5.74, 6) is 0.673. The van der Waals surface area contributed by atoms with Crippen molar-refractivity contribution in [3.05, 3.63) is 23.8 Å². The molecule has 0 spiro atoms. The number of benzene rings is 1. The highest BCUT2D eigenvalue weighted by Crippen LogP contribution is 2.39. The lowest BCUT2D eigenvalue weighted by atomic mass is 9.89. The summed E-state index contributed by atoms with van der Waals surface area (Å²) in [4.78, 5) is 0. The summed E-state index contributed by atoms with van der Waals surface area (Å²) in [6.45, 7) is 0. The standard InChI is InChI=1S/C12H17NO2/c1-15-11-8-9(4-5-10(11)14)12(13)6-2-3-7-12/h4-5,8,14H,2-3,6-7,13H2,1H3. The summed E-state index contributed by atoms with van der Waals surface area (Å²) < 4.78 is 5.08. The van der Waals surface area contributed by atoms with Gasteiger partial charge in [-0.25, -0.2) is 0 Å². The van der Waals surface area contributed by atoms with E-state index in [9.17, 15) is 5.11 Å². The van der Waals surface area contributed by atoms with E-state index in [-0.39, 0.29) is 11.3 Å². The minimum atomic E-state index is -0.221. The Balaban J connectivity index is 2.36. The maximum atomic E-state index is 9.50. The van der Waals surface area contributed by atoms with Gasteiger partial charge in [-0.1, -0.05) is 18.9 Å². The molecule has 1 fully saturated rings. The van der Waals surface area contributed by atoms with Gasteiger partial charge < -0.3 is 15.6 Å². The number of rotatable bonds is 2. The van der Waals surface area contributed by atoms with E-state index in [1.54, 1.807) is 13.2 Å². The lowest BCUT2D eigenvalue weighted by Gasteiger charge is -2.24. The Bertz CT molecular complexity index is 357. The molecule has 0 aromatic heterocycles. The van der Waals surface area contributed by atoms with E-state index in [0.29, 0.717) is 5.75 Å². The van der Waals surface area contributed by atoms with Crippen LogP contribution < -0.4 is 10.5 Å². The van der Waals surface area contributed by atoms with Crippen molar-refractivity contribution < 1.29 is 9.84 Å². The van der Waals surface area contributed by atoms with Gasteiger partial charge in [0, 0.05) is 5.54 Å². The van der Waals surface area contributed by atoms with Gasteiger partial charge in [-0.2, -0.15) is 0 Å². The summed E-state index contributed by atoms with van der Waals surface area (Å²) in [6, 6.07) is 5.39. The monoisotopic (exact) mass is 207 g/mol. The number of hydrogen-bond acceptors (Lipinski definition) is 3. The van der Waals surface area contributed by atoms with Gasteiger partial charge in [0.2, 0.25) is 0 Å². The molecule has 3 heteroatoms. The highest BCUT2D eigenvalue weighted by atomic mass is 16.5. The molecule has 82 valence electrons. The first-order valence-electron chi connectivity index (χ1n) is 5.32. The van der Waals surface area contributed by atoms with Gasteiger partial charge in [0.1, 0.15) is 0 Å². The molecule has 0 unspecified atom stereocenters. The second-order valence-corrected chi connectivity index (χ2v) is 4.25. The Morgan fingerprint density at radius 2 is 2.00 bits per heavy atom. The zero-order chi connectivity index (χ0) is 10.9. The summed E-state index contributed by atoms with van der Waals surface area (Å²) in [5.41, 5.74) is 7.16. The van der Waals surface area contributed by atoms with E-state index < -0.39 is 0 Å². The second-order valence-electron chi connectivity index (χ2n) is 4.25. The van der Waals surface area contributed by atoms with E-state index in [2.05, 4.69) is 0 Å². The first-order valence-corrected chi connectivity index (χ1v) is 5.32. The number of ether oxygens (including phenoxy) is 1. The van der Waals surface area contributed by atoms with Crippen LogP contribution in [-0.4, -0.2) is 12.2 Å². The topological polar surface area (TPSA) is 55.5 Å². The highest BCUT2D eigenvalue weighted by molar-refractivity contribution is 5.44. The minimum absolute atomic E-state index is 0.169. The van der Waals surface area contributed by atoms with Gasteiger partial charge in [0.15, 0.2) is 11.5 Å². The third-order valence-corrected chi connectivity index (χ3v) is 3.25. The quantitative estimate of drug-likeness (QED) is 0.781. The molecule has 3 nitrogen and oxygen atoms in total. The molecular weight excluding hydrogens is 190 g/mol. The van der Waals surface area contributed by atoms with Crippen LogP contribution in [0.25, 0.3) is 0 Å². The highest BCUT2D eigenvalue weighted by Gasteiger charge is 2.31. The summed E-state index contributed by atoms with van der Waals surface area (Å²) in [7, 11) is 1.55. The van der Waals surface area contributed by atoms with Crippen LogP contribution in [0.5, 0.6) is 11.5 Å². The van der Waals surface area contributed by atoms with Gasteiger partial charge in [0.05, 0.1) is 7.11 Å². The van der Waals surface area contributed by atoms with E-state index in [1.165, 1.54) is 12.8 Å². The van der Waals surface area contributed by atoms with Crippen molar-refractivity contribution in [2.75, 3.05) is 7.11 Å². The van der Waals surface area contributed by atoms with Gasteiger partial charge in [-0.3, -0.25) is 0 Å². The van der Waals surface area contributed by atoms with Crippen LogP contribution in [-0.2, 0) is 5.54 Å². The zero-order valence-electron chi connectivity index (χ0n) is 8.99. The molecule has 1 saturated carbocycles. The van der Waals surface area contributed by atoms with E-state index >= 15 is 0 Å². The lowest BCUT2D eigenvalue weighted by molar-refractivity contribution is 0.369. The predicted molar refractivity (Wildman–Crippen MR) is 59.0 cm³/mol. The normalized spacial score (nSPS) is 19.1. The van der Waals surface area contributed by atoms with Crippen LogP contribution in [0.2, 0.25) is 0 Å². The number of hydrogen-bond donors (Lipinski definition) is 2. The van der Waals surface area contributed by atoms with Crippen molar-refractivity contribution in [3.63, 3.8) is 0 Å². The van der Waals surface area contributed by atoms with Crippen molar-refractivity contribution >= 4 is 0 Å². The summed E-state index contributed by atoms with van der Waals surface area (Å²) in [6.07, 6.45) is 4.39. The molecule has 1 aliphatic rings. The van der Waals surface area contributed by atoms with Gasteiger partial charge in [0.25, 0.3) is 0 Å². The van der Waals surface area contributed by atoms with Crippen molar-refractivity contribution in [2.24, 2.45) is 5.73 Å². The predicted octanol–water partition coefficient (Wildman–Crippen LogP) is 2.13. The van der Waals surface area contributed by atoms with Gasteiger partial charge in [-0.15, -0.1) is 0 Å². The van der Waals surface area contributed by atoms with Crippen LogP contribution in [0.4, 0.5) is 0 Å².